The molecule has 0 saturated carbocycles. The summed E-state index contributed by atoms with van der Waals surface area (Å²) >= 11 is 0. The molecule has 27 heteroatoms. The summed E-state index contributed by atoms with van der Waals surface area (Å²) in [6, 6.07) is 9.23. The maximum absolute atomic E-state index is 3.92. The molecule has 10 rings (SSSR count). The first-order valence-corrected chi connectivity index (χ1v) is 20.3. The molecule has 10 aromatic heterocycles. The Morgan fingerprint density at radius 1 is 0.243 bits per heavy atom. The van der Waals surface area contributed by atoms with Crippen molar-refractivity contribution in [3.8, 4) is 0 Å². The highest BCUT2D eigenvalue weighted by atomic mass is 15.3. The van der Waals surface area contributed by atoms with Crippen LogP contribution in [0.4, 0.5) is 0 Å². The first-order chi connectivity index (χ1) is 33.9. The van der Waals surface area contributed by atoms with Crippen molar-refractivity contribution in [3.63, 3.8) is 0 Å². The van der Waals surface area contributed by atoms with E-state index in [4.69, 9.17) is 0 Å². The Kier molecular flexibility index (Phi) is 34.0. The van der Waals surface area contributed by atoms with Gasteiger partial charge >= 0.3 is 0 Å². The Labute approximate surface area is 404 Å². The lowest BCUT2D eigenvalue weighted by atomic mass is 10.4. The van der Waals surface area contributed by atoms with Crippen LogP contribution in [-0.4, -0.2) is 136 Å². The minimum absolute atomic E-state index is 0.600. The highest BCUT2D eigenvalue weighted by Crippen LogP contribution is 1.85. The van der Waals surface area contributed by atoms with Crippen LogP contribution in [-0.2, 0) is 0 Å². The highest BCUT2D eigenvalue weighted by Gasteiger charge is 1.81. The van der Waals surface area contributed by atoms with E-state index < -0.39 is 0 Å². The molecule has 0 amide bonds. The molecule has 0 unspecified atom stereocenters. The molecule has 0 aliphatic heterocycles. The van der Waals surface area contributed by atoms with Crippen molar-refractivity contribution >= 4 is 0 Å². The normalized spacial score (nSPS) is 8.71. The number of hydrogen-bond donors (Lipinski definition) is 0. The van der Waals surface area contributed by atoms with E-state index in [-0.39, 0.29) is 0 Å². The minimum Gasteiger partial charge on any atom is -0.261 e. The Bertz CT molecular complexity index is 1990. The van der Waals surface area contributed by atoms with Crippen LogP contribution in [0.5, 0.6) is 0 Å². The van der Waals surface area contributed by atoms with Crippen LogP contribution in [0.2, 0.25) is 0 Å². The second-order valence-electron chi connectivity index (χ2n) is 12.6. The molecule has 0 aromatic carbocycles. The summed E-state index contributed by atoms with van der Waals surface area (Å²) in [6.45, 7) is 18.6. The second kappa shape index (κ2) is 40.8. The lowest BCUT2D eigenvalue weighted by Crippen LogP contribution is -1.90. The number of aromatic nitrogens is 27. The third kappa shape index (κ3) is 38.7. The molecule has 0 aliphatic carbocycles. The molecule has 0 N–H and O–H groups in total. The molecular weight excluding hydrogens is 895 g/mol. The van der Waals surface area contributed by atoms with Gasteiger partial charge in [0.15, 0.2) is 12.2 Å². The van der Waals surface area contributed by atoms with Gasteiger partial charge in [-0.25, -0.2) is 49.8 Å². The topological polar surface area (TPSA) is 348 Å². The first kappa shape index (κ1) is 58.3. The van der Waals surface area contributed by atoms with E-state index in [2.05, 4.69) is 136 Å². The summed E-state index contributed by atoms with van der Waals surface area (Å²) in [7, 11) is 0. The molecule has 0 aliphatic rings. The fourth-order valence-corrected chi connectivity index (χ4v) is 3.27. The quantitative estimate of drug-likeness (QED) is 0.209. The van der Waals surface area contributed by atoms with Crippen LogP contribution in [0.1, 0.15) is 57.5 Å². The summed E-state index contributed by atoms with van der Waals surface area (Å²) in [4.78, 5) is 45.5. The van der Waals surface area contributed by atoms with Gasteiger partial charge in [0.05, 0.1) is 53.3 Å². The van der Waals surface area contributed by atoms with E-state index in [1.54, 1.807) is 100 Å². The second-order valence-corrected chi connectivity index (χ2v) is 12.6. The Morgan fingerprint density at radius 3 is 1.11 bits per heavy atom. The maximum atomic E-state index is 3.92. The van der Waals surface area contributed by atoms with Crippen LogP contribution < -0.4 is 0 Å². The van der Waals surface area contributed by atoms with Crippen LogP contribution in [0.15, 0.2) is 143 Å². The number of aryl methyl sites for hydroxylation is 10. The third-order valence-corrected chi connectivity index (χ3v) is 6.41. The monoisotopic (exact) mass is 947 g/mol. The van der Waals surface area contributed by atoms with Gasteiger partial charge in [0.25, 0.3) is 0 Å². The van der Waals surface area contributed by atoms with Crippen LogP contribution in [0, 0.1) is 69.2 Å². The zero-order valence-electron chi connectivity index (χ0n) is 40.4. The molecule has 10 aromatic rings. The van der Waals surface area contributed by atoms with Crippen LogP contribution in [0.3, 0.4) is 0 Å². The zero-order valence-corrected chi connectivity index (χ0v) is 40.4. The van der Waals surface area contributed by atoms with E-state index in [9.17, 15) is 0 Å². The van der Waals surface area contributed by atoms with Gasteiger partial charge in [-0.3, -0.25) is 9.97 Å². The predicted molar refractivity (Wildman–Crippen MR) is 252 cm³/mol. The van der Waals surface area contributed by atoms with Crippen molar-refractivity contribution in [2.75, 3.05) is 0 Å². The average molecular weight is 948 g/mol. The average Bonchev–Trinajstić information content (AvgIpc) is 3.38. The van der Waals surface area contributed by atoms with Crippen LogP contribution in [0.25, 0.3) is 0 Å². The van der Waals surface area contributed by atoms with Crippen molar-refractivity contribution in [2.45, 2.75) is 69.2 Å². The lowest BCUT2D eigenvalue weighted by Gasteiger charge is -1.81. The fourth-order valence-electron chi connectivity index (χ4n) is 3.27. The summed E-state index contributed by atoms with van der Waals surface area (Å²) in [6.07, 6.45) is 28.6. The number of hydrogen-bond acceptors (Lipinski definition) is 27. The summed E-state index contributed by atoms with van der Waals surface area (Å²) < 4.78 is 0. The molecule has 70 heavy (non-hydrogen) atoms. The largest absolute Gasteiger partial charge is 0.261 e. The molecule has 27 nitrogen and oxygen atoms in total. The Morgan fingerprint density at radius 2 is 0.829 bits per heavy atom. The highest BCUT2D eigenvalue weighted by molar-refractivity contribution is 4.95. The lowest BCUT2D eigenvalue weighted by molar-refractivity contribution is 0.806. The molecule has 360 valence electrons. The van der Waals surface area contributed by atoms with Gasteiger partial charge in [-0.2, -0.15) is 25.5 Å². The van der Waals surface area contributed by atoms with Crippen molar-refractivity contribution in [3.05, 3.63) is 200 Å². The summed E-state index contributed by atoms with van der Waals surface area (Å²) in [5, 5.41) is 53.3. The van der Waals surface area contributed by atoms with Crippen LogP contribution >= 0.6 is 0 Å². The van der Waals surface area contributed by atoms with Gasteiger partial charge in [0.1, 0.15) is 49.1 Å². The smallest absolute Gasteiger partial charge is 0.170 e. The molecule has 0 atom stereocenters. The van der Waals surface area contributed by atoms with E-state index in [1.807, 2.05) is 73.6 Å². The number of rotatable bonds is 0. The summed E-state index contributed by atoms with van der Waals surface area (Å²) in [5.41, 5.74) is 5.58. The molecule has 10 heterocycles. The van der Waals surface area contributed by atoms with Crippen molar-refractivity contribution in [2.24, 2.45) is 0 Å². The molecule has 0 bridgehead atoms. The predicted octanol–water partition coefficient (Wildman–Crippen LogP) is 3.62. The van der Waals surface area contributed by atoms with Gasteiger partial charge in [0, 0.05) is 55.3 Å². The van der Waals surface area contributed by atoms with Gasteiger partial charge in [0.2, 0.25) is 0 Å². The third-order valence-electron chi connectivity index (χ3n) is 6.41. The van der Waals surface area contributed by atoms with Gasteiger partial charge in [-0.15, -0.1) is 45.9 Å². The standard InChI is InChI=1S/4C5H6N2.5C4H5N3.C3H4N4/c1-5-4-6-2-3-7-5;1-5-2-3-6-4-7-5;1-5-6-3-2-4-7-5;1-5-3-2-4-6-7-5;1-4-6-2-5-3-7-4;1-4-2-6-7-3-5-4;1-4-2-5-3-6-7-4;1-4-5-2-3-6-7-4;1-4-2-3-5-7-6-4;1-3-6-4-2-5-7-3/h4*2-4H,1H3;5*2-3H,1H3;2H,1H3. The van der Waals surface area contributed by atoms with E-state index in [0.29, 0.717) is 11.6 Å². The Balaban J connectivity index is 0.000000389. The van der Waals surface area contributed by atoms with Crippen molar-refractivity contribution in [1.29, 1.82) is 0 Å². The SMILES string of the molecule is Cc1cccnn1.Cc1ccncn1.Cc1ccnnn1.Cc1cnccn1.Cc1cncnn1.Cc1cnncn1.Cc1ncccn1.Cc1nccnn1.Cc1ncncn1.Cc1nncnn1. The van der Waals surface area contributed by atoms with Gasteiger partial charge in [-0.05, 0) is 105 Å². The maximum Gasteiger partial charge on any atom is 0.170 e. The molecule has 0 radical (unpaired) electrons. The zero-order chi connectivity index (χ0) is 51.1. The molecular formula is C43H53N27. The van der Waals surface area contributed by atoms with Gasteiger partial charge in [-0.1, -0.05) is 0 Å². The van der Waals surface area contributed by atoms with E-state index in [1.165, 1.54) is 38.0 Å². The molecule has 0 fully saturated rings. The van der Waals surface area contributed by atoms with Crippen molar-refractivity contribution in [1.82, 2.24) is 136 Å². The van der Waals surface area contributed by atoms with E-state index >= 15 is 0 Å². The Hall–Kier alpha value is -9.69. The molecule has 0 saturated heterocycles. The fraction of sp³-hybridized carbons (Fsp3) is 0.233. The summed E-state index contributed by atoms with van der Waals surface area (Å²) in [5.74, 6) is 2.89. The minimum atomic E-state index is 0.600. The van der Waals surface area contributed by atoms with Gasteiger partial charge < -0.3 is 0 Å². The van der Waals surface area contributed by atoms with E-state index in [0.717, 1.165) is 45.8 Å². The van der Waals surface area contributed by atoms with Crippen molar-refractivity contribution < 1.29 is 0 Å². The molecule has 0 spiro atoms. The first-order valence-electron chi connectivity index (χ1n) is 20.3. The number of nitrogens with zero attached hydrogens (tertiary/aromatic N) is 27.